The fourth-order valence-corrected chi connectivity index (χ4v) is 5.92. The van der Waals surface area contributed by atoms with Crippen LogP contribution >= 0.6 is 0 Å². The van der Waals surface area contributed by atoms with E-state index in [1.54, 1.807) is 23.1 Å². The zero-order chi connectivity index (χ0) is 26.3. The molecule has 1 N–H and O–H groups in total. The van der Waals surface area contributed by atoms with Crippen LogP contribution in [0.3, 0.4) is 0 Å². The first-order valence-electron chi connectivity index (χ1n) is 12.4. The summed E-state index contributed by atoms with van der Waals surface area (Å²) in [4.78, 5) is 26.5. The van der Waals surface area contributed by atoms with E-state index in [0.717, 1.165) is 16.7 Å². The number of aromatic nitrogens is 2. The normalized spacial score (nSPS) is 19.6. The van der Waals surface area contributed by atoms with E-state index in [1.807, 2.05) is 32.0 Å². The summed E-state index contributed by atoms with van der Waals surface area (Å²) < 4.78 is 35.5. The van der Waals surface area contributed by atoms with Crippen molar-refractivity contribution in [3.05, 3.63) is 65.2 Å². The van der Waals surface area contributed by atoms with Gasteiger partial charge >= 0.3 is 0 Å². The Morgan fingerprint density at radius 1 is 1.00 bits per heavy atom. The third kappa shape index (κ3) is 5.17. The van der Waals surface area contributed by atoms with Crippen molar-refractivity contribution in [3.8, 4) is 17.1 Å². The highest BCUT2D eigenvalue weighted by molar-refractivity contribution is 7.92. The standard InChI is InChI=1S/C27H31N5O4S/c1-17(2)31-11-12-32-16-21(15-31)36-24-14-23(25-18(3)7-5-8-19(25)4)28-27(29-24)30-37(34,35)22-10-6-9-20(13-22)26(32)33/h5-10,13-14,17,21H,11-12,15-16H2,1-4H3,(H,28,29,30)/t21-/m1/s1. The van der Waals surface area contributed by atoms with Gasteiger partial charge in [-0.1, -0.05) is 24.3 Å². The van der Waals surface area contributed by atoms with Gasteiger partial charge in [-0.2, -0.15) is 4.98 Å². The Kier molecular flexibility index (Phi) is 6.63. The molecule has 6 bridgehead atoms. The molecule has 3 aromatic rings. The van der Waals surface area contributed by atoms with Gasteiger partial charge in [0.05, 0.1) is 17.1 Å². The molecule has 5 rings (SSSR count). The maximum atomic E-state index is 13.5. The lowest BCUT2D eigenvalue weighted by Gasteiger charge is -2.27. The summed E-state index contributed by atoms with van der Waals surface area (Å²) in [5.74, 6) is -0.0684. The molecule has 0 spiro atoms. The molecule has 2 aliphatic heterocycles. The van der Waals surface area contributed by atoms with Crippen LogP contribution in [0.1, 0.15) is 35.3 Å². The Balaban J connectivity index is 1.68. The second-order valence-corrected chi connectivity index (χ2v) is 11.6. The van der Waals surface area contributed by atoms with Gasteiger partial charge in [-0.15, -0.1) is 0 Å². The monoisotopic (exact) mass is 521 g/mol. The Hall–Kier alpha value is -3.50. The Morgan fingerprint density at radius 2 is 1.73 bits per heavy atom. The van der Waals surface area contributed by atoms with E-state index in [4.69, 9.17) is 4.74 Å². The SMILES string of the molecule is Cc1cccc(C)c1-c1cc2nc(n1)NS(=O)(=O)c1cccc(c1)C(=O)N1CCN(C(C)C)C[C@H](C1)O2. The van der Waals surface area contributed by atoms with E-state index in [9.17, 15) is 13.2 Å². The predicted octanol–water partition coefficient (Wildman–Crippen LogP) is 3.49. The highest BCUT2D eigenvalue weighted by Crippen LogP contribution is 2.30. The molecule has 1 saturated heterocycles. The van der Waals surface area contributed by atoms with Crippen molar-refractivity contribution in [2.45, 2.75) is 44.7 Å². The largest absolute Gasteiger partial charge is 0.471 e. The summed E-state index contributed by atoms with van der Waals surface area (Å²) in [6.45, 7) is 10.4. The van der Waals surface area contributed by atoms with Gasteiger partial charge in [0.2, 0.25) is 11.8 Å². The van der Waals surface area contributed by atoms with Crippen molar-refractivity contribution in [3.63, 3.8) is 0 Å². The number of carbonyl (C=O) groups is 1. The van der Waals surface area contributed by atoms with Gasteiger partial charge < -0.3 is 9.64 Å². The first-order chi connectivity index (χ1) is 17.6. The molecule has 194 valence electrons. The lowest BCUT2D eigenvalue weighted by molar-refractivity contribution is 0.0688. The van der Waals surface area contributed by atoms with Crippen molar-refractivity contribution in [2.75, 3.05) is 30.9 Å². The number of benzene rings is 2. The summed E-state index contributed by atoms with van der Waals surface area (Å²) >= 11 is 0. The molecule has 0 radical (unpaired) electrons. The molecule has 3 heterocycles. The topological polar surface area (TPSA) is 105 Å². The van der Waals surface area contributed by atoms with Gasteiger partial charge in [0, 0.05) is 42.9 Å². The molecular formula is C27H31N5O4S. The van der Waals surface area contributed by atoms with Crippen molar-refractivity contribution in [1.29, 1.82) is 0 Å². The van der Waals surface area contributed by atoms with Gasteiger partial charge in [0.15, 0.2) is 0 Å². The molecule has 37 heavy (non-hydrogen) atoms. The van der Waals surface area contributed by atoms with Crippen LogP contribution in [-0.4, -0.2) is 72.4 Å². The fraction of sp³-hybridized carbons (Fsp3) is 0.370. The number of aryl methyl sites for hydroxylation is 2. The lowest BCUT2D eigenvalue weighted by atomic mass is 10.00. The zero-order valence-corrected chi connectivity index (χ0v) is 22.2. The molecule has 2 aliphatic rings. The smallest absolute Gasteiger partial charge is 0.264 e. The van der Waals surface area contributed by atoms with E-state index in [-0.39, 0.29) is 34.8 Å². The van der Waals surface area contributed by atoms with Crippen molar-refractivity contribution in [2.24, 2.45) is 0 Å². The Bertz CT molecular complexity index is 1440. The van der Waals surface area contributed by atoms with Gasteiger partial charge in [-0.3, -0.25) is 9.69 Å². The number of sulfonamides is 1. The minimum absolute atomic E-state index is 0.0312. The molecule has 10 heteroatoms. The molecule has 1 atom stereocenters. The molecule has 1 amide bonds. The molecule has 2 aromatic carbocycles. The maximum absolute atomic E-state index is 13.5. The average molecular weight is 522 g/mol. The van der Waals surface area contributed by atoms with E-state index >= 15 is 0 Å². The van der Waals surface area contributed by atoms with Gasteiger partial charge in [0.1, 0.15) is 6.10 Å². The summed E-state index contributed by atoms with van der Waals surface area (Å²) in [6, 6.07) is 14.0. The van der Waals surface area contributed by atoms with Crippen molar-refractivity contribution >= 4 is 21.9 Å². The second-order valence-electron chi connectivity index (χ2n) is 9.89. The third-order valence-electron chi connectivity index (χ3n) is 6.88. The Morgan fingerprint density at radius 3 is 2.46 bits per heavy atom. The summed E-state index contributed by atoms with van der Waals surface area (Å²) in [5.41, 5.74) is 3.76. The summed E-state index contributed by atoms with van der Waals surface area (Å²) in [7, 11) is -4.06. The van der Waals surface area contributed by atoms with Crippen molar-refractivity contribution in [1.82, 2.24) is 19.8 Å². The molecule has 0 saturated carbocycles. The average Bonchev–Trinajstić information content (AvgIpc) is 3.05. The molecule has 1 aromatic heterocycles. The highest BCUT2D eigenvalue weighted by Gasteiger charge is 2.30. The Labute approximate surface area is 217 Å². The number of fused-ring (bicyclic) bond motifs is 6. The van der Waals surface area contributed by atoms with Crippen LogP contribution < -0.4 is 9.46 Å². The maximum Gasteiger partial charge on any atom is 0.264 e. The zero-order valence-electron chi connectivity index (χ0n) is 21.4. The van der Waals surface area contributed by atoms with Crippen LogP contribution in [0.2, 0.25) is 0 Å². The van der Waals surface area contributed by atoms with E-state index < -0.39 is 10.0 Å². The van der Waals surface area contributed by atoms with Crippen LogP contribution in [0.5, 0.6) is 5.88 Å². The van der Waals surface area contributed by atoms with Gasteiger partial charge in [0.25, 0.3) is 15.9 Å². The van der Waals surface area contributed by atoms with Crippen LogP contribution in [0.15, 0.2) is 53.4 Å². The summed E-state index contributed by atoms with van der Waals surface area (Å²) in [6.07, 6.45) is -0.372. The third-order valence-corrected chi connectivity index (χ3v) is 8.21. The van der Waals surface area contributed by atoms with Gasteiger partial charge in [-0.25, -0.2) is 18.1 Å². The second kappa shape index (κ2) is 9.75. The number of hydrogen-bond acceptors (Lipinski definition) is 7. The van der Waals surface area contributed by atoms with Gasteiger partial charge in [-0.05, 0) is 57.0 Å². The quantitative estimate of drug-likeness (QED) is 0.550. The van der Waals surface area contributed by atoms with Crippen LogP contribution in [-0.2, 0) is 10.0 Å². The minimum atomic E-state index is -4.06. The number of nitrogens with one attached hydrogen (secondary N) is 1. The van der Waals surface area contributed by atoms with E-state index in [2.05, 4.69) is 33.4 Å². The molecular weight excluding hydrogens is 490 g/mol. The number of ether oxygens (including phenoxy) is 1. The first-order valence-corrected chi connectivity index (χ1v) is 13.9. The molecule has 0 unspecified atom stereocenters. The molecule has 0 aliphatic carbocycles. The minimum Gasteiger partial charge on any atom is -0.471 e. The predicted molar refractivity (Wildman–Crippen MR) is 141 cm³/mol. The number of nitrogens with zero attached hydrogens (tertiary/aromatic N) is 4. The van der Waals surface area contributed by atoms with E-state index in [0.29, 0.717) is 37.4 Å². The van der Waals surface area contributed by atoms with Crippen LogP contribution in [0, 0.1) is 13.8 Å². The number of anilines is 1. The number of hydrogen-bond donors (Lipinski definition) is 1. The molecule has 1 fully saturated rings. The summed E-state index contributed by atoms with van der Waals surface area (Å²) in [5, 5.41) is 0. The van der Waals surface area contributed by atoms with Crippen LogP contribution in [0.4, 0.5) is 5.95 Å². The van der Waals surface area contributed by atoms with E-state index in [1.165, 1.54) is 12.1 Å². The van der Waals surface area contributed by atoms with Crippen molar-refractivity contribution < 1.29 is 17.9 Å². The van der Waals surface area contributed by atoms with Crippen LogP contribution in [0.25, 0.3) is 11.3 Å². The number of rotatable bonds is 2. The fourth-order valence-electron chi connectivity index (χ4n) is 4.93. The number of carbonyl (C=O) groups excluding carboxylic acids is 1. The molecule has 9 nitrogen and oxygen atoms in total. The first kappa shape index (κ1) is 25.2. The number of amides is 1. The highest BCUT2D eigenvalue weighted by atomic mass is 32.2. The lowest BCUT2D eigenvalue weighted by Crippen LogP contribution is -2.41.